The fourth-order valence-corrected chi connectivity index (χ4v) is 3.85. The summed E-state index contributed by atoms with van der Waals surface area (Å²) in [4.78, 5) is 1.05. The number of aryl methyl sites for hydroxylation is 1. The van der Waals surface area contributed by atoms with Crippen LogP contribution in [0.25, 0.3) is 0 Å². The van der Waals surface area contributed by atoms with Crippen LogP contribution < -0.4 is 5.73 Å². The minimum absolute atomic E-state index is 0.155. The lowest BCUT2D eigenvalue weighted by Gasteiger charge is -2.13. The maximum Gasteiger partial charge on any atom is 0.107 e. The van der Waals surface area contributed by atoms with Gasteiger partial charge in [-0.1, -0.05) is 45.7 Å². The van der Waals surface area contributed by atoms with Crippen molar-refractivity contribution in [2.24, 2.45) is 5.73 Å². The van der Waals surface area contributed by atoms with Crippen molar-refractivity contribution < 1.29 is 0 Å². The topological polar surface area (TPSA) is 26.0 Å². The third kappa shape index (κ3) is 2.76. The Labute approximate surface area is 126 Å². The molecule has 2 rings (SSSR count). The summed E-state index contributed by atoms with van der Waals surface area (Å²) < 4.78 is 2.70. The van der Waals surface area contributed by atoms with Gasteiger partial charge in [-0.05, 0) is 40.0 Å². The predicted octanol–water partition coefficient (Wildman–Crippen LogP) is 5.28. The Morgan fingerprint density at radius 2 is 2.06 bits per heavy atom. The van der Waals surface area contributed by atoms with Gasteiger partial charge in [-0.25, -0.2) is 0 Å². The first-order valence-electron chi connectivity index (χ1n) is 4.96. The van der Waals surface area contributed by atoms with Gasteiger partial charge >= 0.3 is 0 Å². The maximum absolute atomic E-state index is 6.27. The molecule has 5 heteroatoms. The van der Waals surface area contributed by atoms with Crippen LogP contribution in [0.4, 0.5) is 0 Å². The maximum atomic E-state index is 6.27. The second kappa shape index (κ2) is 5.41. The van der Waals surface area contributed by atoms with Gasteiger partial charge in [0.2, 0.25) is 0 Å². The third-order valence-corrected chi connectivity index (χ3v) is 6.17. The number of nitrogens with two attached hydrogens (primary N) is 1. The molecule has 1 heterocycles. The summed E-state index contributed by atoms with van der Waals surface area (Å²) in [6.45, 7) is 2.05. The number of rotatable bonds is 2. The summed E-state index contributed by atoms with van der Waals surface area (Å²) >= 11 is 14.5. The molecule has 1 nitrogen and oxygen atoms in total. The predicted molar refractivity (Wildman–Crippen MR) is 81.9 cm³/mol. The van der Waals surface area contributed by atoms with E-state index in [1.165, 1.54) is 16.9 Å². The lowest BCUT2D eigenvalue weighted by Crippen LogP contribution is -2.11. The van der Waals surface area contributed by atoms with Crippen LogP contribution in [0.2, 0.25) is 4.34 Å². The molecule has 1 aromatic carbocycles. The van der Waals surface area contributed by atoms with Gasteiger partial charge in [-0.15, -0.1) is 11.3 Å². The van der Waals surface area contributed by atoms with Gasteiger partial charge in [-0.3, -0.25) is 0 Å². The third-order valence-electron chi connectivity index (χ3n) is 2.53. The first kappa shape index (κ1) is 13.6. The molecule has 0 aliphatic carbocycles. The molecular formula is C12H10Br2ClNS. The summed E-state index contributed by atoms with van der Waals surface area (Å²) in [5.74, 6) is 0. The van der Waals surface area contributed by atoms with Crippen molar-refractivity contribution in [1.29, 1.82) is 0 Å². The summed E-state index contributed by atoms with van der Waals surface area (Å²) in [5, 5.41) is 0. The zero-order chi connectivity index (χ0) is 12.6. The van der Waals surface area contributed by atoms with E-state index in [9.17, 15) is 0 Å². The zero-order valence-electron chi connectivity index (χ0n) is 9.01. The lowest BCUT2D eigenvalue weighted by atomic mass is 10.0. The molecule has 2 aromatic rings. The highest BCUT2D eigenvalue weighted by atomic mass is 79.9. The van der Waals surface area contributed by atoms with Gasteiger partial charge in [0, 0.05) is 13.8 Å². The number of halogens is 3. The Balaban J connectivity index is 2.43. The standard InChI is InChI=1S/C12H10Br2ClNS/c1-6-3-2-4-7(10(6)14)11(16)9-5-8(13)12(15)17-9/h2-5,11H,16H2,1H3. The Morgan fingerprint density at radius 3 is 2.65 bits per heavy atom. The second-order valence-corrected chi connectivity index (χ2v) is 7.06. The van der Waals surface area contributed by atoms with E-state index in [-0.39, 0.29) is 6.04 Å². The van der Waals surface area contributed by atoms with Crippen molar-refractivity contribution >= 4 is 54.8 Å². The molecule has 0 saturated heterocycles. The highest BCUT2D eigenvalue weighted by Crippen LogP contribution is 2.38. The molecule has 0 radical (unpaired) electrons. The average molecular weight is 396 g/mol. The van der Waals surface area contributed by atoms with Crippen LogP contribution in [0.1, 0.15) is 22.0 Å². The van der Waals surface area contributed by atoms with E-state index in [4.69, 9.17) is 17.3 Å². The number of hydrogen-bond acceptors (Lipinski definition) is 2. The molecule has 1 atom stereocenters. The molecule has 1 unspecified atom stereocenters. The van der Waals surface area contributed by atoms with Crippen LogP contribution in [-0.2, 0) is 0 Å². The van der Waals surface area contributed by atoms with Crippen molar-refractivity contribution in [2.75, 3.05) is 0 Å². The van der Waals surface area contributed by atoms with Gasteiger partial charge in [0.15, 0.2) is 0 Å². The molecule has 0 spiro atoms. The molecule has 1 aromatic heterocycles. The molecule has 0 fully saturated rings. The Bertz CT molecular complexity index is 534. The zero-order valence-corrected chi connectivity index (χ0v) is 13.8. The molecule has 2 N–H and O–H groups in total. The van der Waals surface area contributed by atoms with Crippen molar-refractivity contribution in [3.05, 3.63) is 53.6 Å². The van der Waals surface area contributed by atoms with Crippen molar-refractivity contribution in [2.45, 2.75) is 13.0 Å². The summed E-state index contributed by atoms with van der Waals surface area (Å²) in [5.41, 5.74) is 8.53. The second-order valence-electron chi connectivity index (χ2n) is 3.73. The van der Waals surface area contributed by atoms with Crippen LogP contribution in [-0.4, -0.2) is 0 Å². The van der Waals surface area contributed by atoms with E-state index in [1.807, 2.05) is 18.2 Å². The smallest absolute Gasteiger partial charge is 0.107 e. The molecule has 0 aliphatic rings. The summed E-state index contributed by atoms with van der Waals surface area (Å²) in [6.07, 6.45) is 0. The molecule has 0 bridgehead atoms. The fourth-order valence-electron chi connectivity index (χ4n) is 1.58. The summed E-state index contributed by atoms with van der Waals surface area (Å²) in [7, 11) is 0. The van der Waals surface area contributed by atoms with E-state index >= 15 is 0 Å². The highest BCUT2D eigenvalue weighted by molar-refractivity contribution is 9.11. The minimum atomic E-state index is -0.155. The van der Waals surface area contributed by atoms with Crippen LogP contribution in [0.15, 0.2) is 33.2 Å². The number of thiophene rings is 1. The van der Waals surface area contributed by atoms with Crippen LogP contribution in [0, 0.1) is 6.92 Å². The number of hydrogen-bond donors (Lipinski definition) is 1. The normalized spacial score (nSPS) is 12.8. The van der Waals surface area contributed by atoms with Crippen molar-refractivity contribution in [1.82, 2.24) is 0 Å². The molecule has 90 valence electrons. The first-order valence-corrected chi connectivity index (χ1v) is 7.74. The minimum Gasteiger partial charge on any atom is -0.320 e. The van der Waals surface area contributed by atoms with Gasteiger partial charge in [0.05, 0.1) is 6.04 Å². The van der Waals surface area contributed by atoms with Gasteiger partial charge in [0.25, 0.3) is 0 Å². The largest absolute Gasteiger partial charge is 0.320 e. The van der Waals surface area contributed by atoms with Crippen molar-refractivity contribution in [3.8, 4) is 0 Å². The Hall–Kier alpha value is 0.130. The molecule has 0 amide bonds. The monoisotopic (exact) mass is 393 g/mol. The fraction of sp³-hybridized carbons (Fsp3) is 0.167. The molecule has 0 aliphatic heterocycles. The van der Waals surface area contributed by atoms with Gasteiger partial charge < -0.3 is 5.73 Å². The van der Waals surface area contributed by atoms with E-state index in [1.54, 1.807) is 0 Å². The molecule has 0 saturated carbocycles. The van der Waals surface area contributed by atoms with Crippen LogP contribution >= 0.6 is 54.8 Å². The van der Waals surface area contributed by atoms with E-state index < -0.39 is 0 Å². The molecular weight excluding hydrogens is 385 g/mol. The first-order chi connectivity index (χ1) is 8.00. The Morgan fingerprint density at radius 1 is 1.35 bits per heavy atom. The van der Waals surface area contributed by atoms with Gasteiger partial charge in [-0.2, -0.15) is 0 Å². The van der Waals surface area contributed by atoms with Crippen LogP contribution in [0.3, 0.4) is 0 Å². The SMILES string of the molecule is Cc1cccc(C(N)c2cc(Br)c(Cl)s2)c1Br. The molecule has 17 heavy (non-hydrogen) atoms. The van der Waals surface area contributed by atoms with E-state index in [2.05, 4.69) is 44.8 Å². The lowest BCUT2D eigenvalue weighted by molar-refractivity contribution is 0.884. The van der Waals surface area contributed by atoms with Crippen LogP contribution in [0.5, 0.6) is 0 Å². The Kier molecular flexibility index (Phi) is 4.31. The van der Waals surface area contributed by atoms with E-state index in [0.717, 1.165) is 23.7 Å². The highest BCUT2D eigenvalue weighted by Gasteiger charge is 2.16. The van der Waals surface area contributed by atoms with E-state index in [0.29, 0.717) is 0 Å². The number of benzene rings is 1. The van der Waals surface area contributed by atoms with Crippen molar-refractivity contribution in [3.63, 3.8) is 0 Å². The quantitative estimate of drug-likeness (QED) is 0.735. The summed E-state index contributed by atoms with van der Waals surface area (Å²) in [6, 6.07) is 7.92. The van der Waals surface area contributed by atoms with Gasteiger partial charge in [0.1, 0.15) is 4.34 Å². The average Bonchev–Trinajstić information content (AvgIpc) is 2.62.